The van der Waals surface area contributed by atoms with E-state index in [9.17, 15) is 4.79 Å². The second kappa shape index (κ2) is 5.47. The number of hydrogen-bond acceptors (Lipinski definition) is 6. The number of ether oxygens (including phenoxy) is 1. The second-order valence-electron chi connectivity index (χ2n) is 4.08. The quantitative estimate of drug-likeness (QED) is 0.645. The molecule has 0 aliphatic heterocycles. The Kier molecular flexibility index (Phi) is 3.74. The van der Waals surface area contributed by atoms with E-state index < -0.39 is 5.97 Å². The summed E-state index contributed by atoms with van der Waals surface area (Å²) >= 11 is 0. The van der Waals surface area contributed by atoms with Crippen LogP contribution < -0.4 is 5.73 Å². The third-order valence-electron chi connectivity index (χ3n) is 2.61. The van der Waals surface area contributed by atoms with Crippen LogP contribution in [0.3, 0.4) is 0 Å². The monoisotopic (exact) mass is 261 g/mol. The molecular formula is C12H15N5O2. The number of aryl methyl sites for hydroxylation is 1. The first-order valence-corrected chi connectivity index (χ1v) is 5.90. The predicted molar refractivity (Wildman–Crippen MR) is 68.5 cm³/mol. The predicted octanol–water partition coefficient (Wildman–Crippen LogP) is 0.789. The van der Waals surface area contributed by atoms with E-state index in [2.05, 4.69) is 15.5 Å². The van der Waals surface area contributed by atoms with Gasteiger partial charge in [-0.25, -0.2) is 9.48 Å². The van der Waals surface area contributed by atoms with E-state index in [1.54, 1.807) is 6.92 Å². The fourth-order valence-corrected chi connectivity index (χ4v) is 1.69. The number of carbonyl (C=O) groups excluding carboxylic acids is 1. The minimum Gasteiger partial charge on any atom is -0.460 e. The summed E-state index contributed by atoms with van der Waals surface area (Å²) in [5, 5.41) is 10.9. The minimum atomic E-state index is -0.543. The lowest BCUT2D eigenvalue weighted by Gasteiger charge is -2.08. The van der Waals surface area contributed by atoms with Crippen LogP contribution in [0.25, 0.3) is 0 Å². The minimum absolute atomic E-state index is 0.0720. The Hall–Kier alpha value is -2.44. The molecule has 0 amide bonds. The number of esters is 1. The van der Waals surface area contributed by atoms with Gasteiger partial charge in [0.1, 0.15) is 0 Å². The Labute approximate surface area is 110 Å². The highest BCUT2D eigenvalue weighted by Crippen LogP contribution is 2.15. The summed E-state index contributed by atoms with van der Waals surface area (Å²) < 4.78 is 6.26. The zero-order valence-corrected chi connectivity index (χ0v) is 10.8. The highest BCUT2D eigenvalue weighted by atomic mass is 16.5. The van der Waals surface area contributed by atoms with Gasteiger partial charge in [-0.05, 0) is 35.9 Å². The topological polar surface area (TPSA) is 95.9 Å². The maximum atomic E-state index is 11.7. The van der Waals surface area contributed by atoms with Crippen molar-refractivity contribution in [3.8, 4) is 0 Å². The summed E-state index contributed by atoms with van der Waals surface area (Å²) in [4.78, 5) is 11.7. The van der Waals surface area contributed by atoms with Crippen molar-refractivity contribution in [3.05, 3.63) is 35.2 Å². The molecule has 7 heteroatoms. The van der Waals surface area contributed by atoms with Gasteiger partial charge >= 0.3 is 5.97 Å². The third-order valence-corrected chi connectivity index (χ3v) is 2.61. The fraction of sp³-hybridized carbons (Fsp3) is 0.333. The van der Waals surface area contributed by atoms with Crippen molar-refractivity contribution in [3.63, 3.8) is 0 Å². The van der Waals surface area contributed by atoms with Gasteiger partial charge in [0.2, 0.25) is 0 Å². The van der Waals surface area contributed by atoms with Crippen LogP contribution in [-0.2, 0) is 11.3 Å². The van der Waals surface area contributed by atoms with Crippen molar-refractivity contribution in [2.24, 2.45) is 0 Å². The number of nitrogens with zero attached hydrogens (tertiary/aromatic N) is 4. The first-order valence-electron chi connectivity index (χ1n) is 5.90. The van der Waals surface area contributed by atoms with Gasteiger partial charge in [-0.1, -0.05) is 17.7 Å². The van der Waals surface area contributed by atoms with E-state index in [1.807, 2.05) is 25.1 Å². The number of rotatable bonds is 4. The Morgan fingerprint density at radius 1 is 1.47 bits per heavy atom. The molecule has 2 aromatic rings. The van der Waals surface area contributed by atoms with Crippen molar-refractivity contribution in [1.82, 2.24) is 20.2 Å². The maximum Gasteiger partial charge on any atom is 0.378 e. The van der Waals surface area contributed by atoms with Crippen molar-refractivity contribution >= 4 is 11.7 Å². The lowest BCUT2D eigenvalue weighted by atomic mass is 10.1. The van der Waals surface area contributed by atoms with Gasteiger partial charge in [0.25, 0.3) is 5.82 Å². The van der Waals surface area contributed by atoms with Crippen molar-refractivity contribution < 1.29 is 9.53 Å². The van der Waals surface area contributed by atoms with Gasteiger partial charge in [0.05, 0.1) is 13.2 Å². The summed E-state index contributed by atoms with van der Waals surface area (Å²) in [6, 6.07) is 5.68. The number of benzene rings is 1. The van der Waals surface area contributed by atoms with Crippen LogP contribution in [-0.4, -0.2) is 32.8 Å². The molecule has 0 saturated carbocycles. The molecule has 0 saturated heterocycles. The molecule has 0 unspecified atom stereocenters. The molecule has 2 N–H and O–H groups in total. The Balaban J connectivity index is 2.26. The van der Waals surface area contributed by atoms with Gasteiger partial charge in [0, 0.05) is 5.69 Å². The third kappa shape index (κ3) is 2.87. The molecule has 0 radical (unpaired) electrons. The molecular weight excluding hydrogens is 246 g/mol. The lowest BCUT2D eigenvalue weighted by Crippen LogP contribution is -2.15. The van der Waals surface area contributed by atoms with E-state index in [4.69, 9.17) is 10.5 Å². The molecule has 0 aliphatic carbocycles. The molecule has 0 spiro atoms. The summed E-state index contributed by atoms with van der Waals surface area (Å²) in [5.41, 5.74) is 8.47. The Morgan fingerprint density at radius 3 is 3.00 bits per heavy atom. The fourth-order valence-electron chi connectivity index (χ4n) is 1.69. The smallest absolute Gasteiger partial charge is 0.378 e. The van der Waals surface area contributed by atoms with E-state index in [-0.39, 0.29) is 12.4 Å². The molecule has 7 nitrogen and oxygen atoms in total. The zero-order valence-electron chi connectivity index (χ0n) is 10.8. The summed E-state index contributed by atoms with van der Waals surface area (Å²) in [6.45, 7) is 4.30. The van der Waals surface area contributed by atoms with Crippen molar-refractivity contribution in [2.75, 3.05) is 12.3 Å². The standard InChI is InChI=1S/C12H15N5O2/c1-3-19-12(18)11-14-15-16-17(11)7-9-6-8(2)4-5-10(9)13/h4-6H,3,7,13H2,1-2H3. The summed E-state index contributed by atoms with van der Waals surface area (Å²) in [7, 11) is 0. The van der Waals surface area contributed by atoms with Crippen LogP contribution in [0.4, 0.5) is 5.69 Å². The number of nitrogens with two attached hydrogens (primary N) is 1. The molecule has 0 atom stereocenters. The molecule has 0 fully saturated rings. The van der Waals surface area contributed by atoms with Crippen molar-refractivity contribution in [1.29, 1.82) is 0 Å². The van der Waals surface area contributed by atoms with Gasteiger partial charge < -0.3 is 10.5 Å². The molecule has 100 valence electrons. The number of nitrogen functional groups attached to an aromatic ring is 1. The van der Waals surface area contributed by atoms with Gasteiger partial charge in [-0.2, -0.15) is 0 Å². The average molecular weight is 261 g/mol. The SMILES string of the molecule is CCOC(=O)c1nnnn1Cc1cc(C)ccc1N. The second-order valence-corrected chi connectivity index (χ2v) is 4.08. The molecule has 0 bridgehead atoms. The number of carbonyl (C=O) groups is 1. The van der Waals surface area contributed by atoms with E-state index in [0.29, 0.717) is 12.2 Å². The largest absolute Gasteiger partial charge is 0.460 e. The van der Waals surface area contributed by atoms with Crippen LogP contribution in [0.5, 0.6) is 0 Å². The Morgan fingerprint density at radius 2 is 2.26 bits per heavy atom. The van der Waals surface area contributed by atoms with Crippen LogP contribution >= 0.6 is 0 Å². The van der Waals surface area contributed by atoms with Crippen LogP contribution in [0, 0.1) is 6.92 Å². The highest BCUT2D eigenvalue weighted by molar-refractivity contribution is 5.85. The molecule has 1 aromatic carbocycles. The van der Waals surface area contributed by atoms with E-state index in [0.717, 1.165) is 11.1 Å². The summed E-state index contributed by atoms with van der Waals surface area (Å²) in [6.07, 6.45) is 0. The van der Waals surface area contributed by atoms with E-state index >= 15 is 0 Å². The first kappa shape index (κ1) is 13.0. The number of anilines is 1. The van der Waals surface area contributed by atoms with Gasteiger partial charge in [-0.15, -0.1) is 5.10 Å². The molecule has 1 aromatic heterocycles. The van der Waals surface area contributed by atoms with Crippen LogP contribution in [0.2, 0.25) is 0 Å². The molecule has 1 heterocycles. The number of aromatic nitrogens is 4. The normalized spacial score (nSPS) is 10.4. The first-order chi connectivity index (χ1) is 9.11. The van der Waals surface area contributed by atoms with E-state index in [1.165, 1.54) is 4.68 Å². The van der Waals surface area contributed by atoms with Gasteiger partial charge in [0.15, 0.2) is 0 Å². The number of tetrazole rings is 1. The van der Waals surface area contributed by atoms with Crippen LogP contribution in [0.15, 0.2) is 18.2 Å². The summed E-state index contributed by atoms with van der Waals surface area (Å²) in [5.74, 6) is -0.471. The number of hydrogen-bond donors (Lipinski definition) is 1. The van der Waals surface area contributed by atoms with Gasteiger partial charge in [-0.3, -0.25) is 0 Å². The highest BCUT2D eigenvalue weighted by Gasteiger charge is 2.17. The van der Waals surface area contributed by atoms with Crippen molar-refractivity contribution in [2.45, 2.75) is 20.4 Å². The Bertz CT molecular complexity index is 594. The van der Waals surface area contributed by atoms with Crippen LogP contribution in [0.1, 0.15) is 28.7 Å². The maximum absolute atomic E-state index is 11.7. The zero-order chi connectivity index (χ0) is 13.8. The lowest BCUT2D eigenvalue weighted by molar-refractivity contribution is 0.0505. The molecule has 0 aliphatic rings. The molecule has 2 rings (SSSR count). The average Bonchev–Trinajstić information content (AvgIpc) is 2.82. The molecule has 19 heavy (non-hydrogen) atoms.